The van der Waals surface area contributed by atoms with Crippen molar-refractivity contribution in [1.29, 1.82) is 0 Å². The van der Waals surface area contributed by atoms with Gasteiger partial charge in [-0.15, -0.1) is 36.4 Å². The molecule has 0 aromatic heterocycles. The van der Waals surface area contributed by atoms with Crippen LogP contribution >= 0.6 is 0 Å². The van der Waals surface area contributed by atoms with E-state index in [9.17, 15) is 4.79 Å². The van der Waals surface area contributed by atoms with Gasteiger partial charge in [0.2, 0.25) is 0 Å². The Hall–Kier alpha value is 1.57. The van der Waals surface area contributed by atoms with Gasteiger partial charge in [-0.2, -0.15) is 5.56 Å². The minimum absolute atomic E-state index is 0.773. The van der Waals surface area contributed by atoms with Crippen LogP contribution in [0.5, 0.6) is 0 Å². The van der Waals surface area contributed by atoms with Crippen molar-refractivity contribution in [2.45, 2.75) is 0 Å². The average molecular weight is 422 g/mol. The molecule has 1 rings (SSSR count). The van der Waals surface area contributed by atoms with Crippen LogP contribution in [0.2, 0.25) is 0 Å². The molecule has 0 amide bonds. The molecular weight excluding hydrogens is 415 g/mol. The molecule has 0 heterocycles. The van der Waals surface area contributed by atoms with E-state index < -0.39 is 5.97 Å². The third kappa shape index (κ3) is 8.56. The van der Waals surface area contributed by atoms with Crippen molar-refractivity contribution in [3.8, 4) is 0 Å². The standard InChI is InChI=1S/C9H7O2.2Ba/c10-9(11)7-6-8-4-2-1-3-5-8;;/h1-4,6-7H,(H,10,11);;/q-1;;+1/b7-6+;;. The van der Waals surface area contributed by atoms with Crippen LogP contribution in [0.4, 0.5) is 0 Å². The maximum atomic E-state index is 10.1. The molecule has 1 radical (unpaired) electrons. The normalized spacial score (nSPS) is 9.00. The Morgan fingerprint density at radius 3 is 2.69 bits per heavy atom. The van der Waals surface area contributed by atoms with E-state index >= 15 is 0 Å². The fourth-order valence-electron chi connectivity index (χ4n) is 0.672. The molecule has 59 valence electrons. The Kier molecular flexibility index (Phi) is 11.3. The summed E-state index contributed by atoms with van der Waals surface area (Å²) in [4.78, 5) is 10.1. The van der Waals surface area contributed by atoms with E-state index in [2.05, 4.69) is 6.07 Å². The summed E-state index contributed by atoms with van der Waals surface area (Å²) in [7, 11) is 0. The number of hydrogen-bond donors (Lipinski definition) is 1. The molecular formula is C9H7Ba2O2. The van der Waals surface area contributed by atoms with Crippen molar-refractivity contribution in [3.63, 3.8) is 0 Å². The molecule has 0 unspecified atom stereocenters. The Morgan fingerprint density at radius 1 is 1.54 bits per heavy atom. The topological polar surface area (TPSA) is 37.3 Å². The second-order valence-electron chi connectivity index (χ2n) is 1.99. The van der Waals surface area contributed by atoms with Gasteiger partial charge in [0.15, 0.2) is 0 Å². The first-order valence-corrected chi connectivity index (χ1v) is 29.7. The van der Waals surface area contributed by atoms with E-state index in [1.54, 1.807) is 12.1 Å². The van der Waals surface area contributed by atoms with Crippen LogP contribution in [0.1, 0.15) is 5.56 Å². The summed E-state index contributed by atoms with van der Waals surface area (Å²) < 4.78 is 0. The SMILES string of the molecule is O=C(O)/C=C/c1[c-]cccc1.[Ba][Ba+]. The number of hydrogen-bond acceptors (Lipinski definition) is 1. The van der Waals surface area contributed by atoms with Crippen LogP contribution in [0.15, 0.2) is 30.3 Å². The molecule has 4 heteroatoms. The van der Waals surface area contributed by atoms with Crippen LogP contribution in [0, 0.1) is 6.07 Å². The second-order valence-corrected chi connectivity index (χ2v) is 1.99. The molecule has 2 nitrogen and oxygen atoms in total. The molecule has 0 saturated heterocycles. The van der Waals surface area contributed by atoms with Crippen molar-refractivity contribution in [2.75, 3.05) is 0 Å². The molecule has 0 aliphatic carbocycles. The van der Waals surface area contributed by atoms with Gasteiger partial charge in [-0.25, -0.2) is 4.79 Å². The number of carbonyl (C=O) groups is 1. The van der Waals surface area contributed by atoms with Gasteiger partial charge in [0.1, 0.15) is 0 Å². The molecule has 0 saturated carbocycles. The first-order valence-electron chi connectivity index (χ1n) is 3.67. The van der Waals surface area contributed by atoms with Gasteiger partial charge in [-0.05, 0) is 6.08 Å². The summed E-state index contributed by atoms with van der Waals surface area (Å²) in [6.45, 7) is 0. The van der Waals surface area contributed by atoms with Crippen LogP contribution < -0.4 is 0 Å². The number of aliphatic carboxylic acids is 1. The van der Waals surface area contributed by atoms with Gasteiger partial charge in [0.25, 0.3) is 0 Å². The molecule has 0 aliphatic heterocycles. The molecule has 0 aliphatic rings. The number of benzene rings is 1. The van der Waals surface area contributed by atoms with Gasteiger partial charge >= 0.3 is 67.3 Å². The molecule has 1 N–H and O–H groups in total. The van der Waals surface area contributed by atoms with Gasteiger partial charge < -0.3 is 5.11 Å². The fraction of sp³-hybridized carbons (Fsp3) is 0. The van der Waals surface area contributed by atoms with Crippen molar-refractivity contribution in [2.24, 2.45) is 0 Å². The Balaban J connectivity index is 0.000000671. The van der Waals surface area contributed by atoms with E-state index in [0.29, 0.717) is 0 Å². The van der Waals surface area contributed by atoms with Crippen molar-refractivity contribution < 1.29 is 9.90 Å². The predicted molar refractivity (Wildman–Crippen MR) is 53.5 cm³/mol. The van der Waals surface area contributed by atoms with Crippen molar-refractivity contribution in [3.05, 3.63) is 42.0 Å². The summed E-state index contributed by atoms with van der Waals surface area (Å²) >= 11 is 2.44. The summed E-state index contributed by atoms with van der Waals surface area (Å²) in [6.07, 6.45) is 2.59. The molecule has 0 fully saturated rings. The minimum atomic E-state index is -0.942. The van der Waals surface area contributed by atoms with E-state index in [0.717, 1.165) is 11.6 Å². The summed E-state index contributed by atoms with van der Waals surface area (Å²) in [5, 5.41) is 8.27. The first kappa shape index (κ1) is 14.6. The third-order valence-electron chi connectivity index (χ3n) is 1.14. The van der Waals surface area contributed by atoms with Crippen molar-refractivity contribution >= 4 is 73.4 Å². The molecule has 0 bridgehead atoms. The van der Waals surface area contributed by atoms with E-state index in [1.165, 1.54) is 67.4 Å². The number of carboxylic acid groups (broad SMARTS) is 1. The van der Waals surface area contributed by atoms with Gasteiger partial charge in [-0.1, -0.05) is 0 Å². The van der Waals surface area contributed by atoms with E-state index in [1.807, 2.05) is 12.1 Å². The number of rotatable bonds is 2. The zero-order valence-corrected chi connectivity index (χ0v) is 16.1. The molecule has 1 aromatic carbocycles. The van der Waals surface area contributed by atoms with E-state index in [-0.39, 0.29) is 0 Å². The monoisotopic (exact) mass is 423 g/mol. The molecule has 13 heavy (non-hydrogen) atoms. The van der Waals surface area contributed by atoms with Crippen molar-refractivity contribution in [1.82, 2.24) is 0 Å². The van der Waals surface area contributed by atoms with Gasteiger partial charge in [0, 0.05) is 0 Å². The summed E-state index contributed by atoms with van der Waals surface area (Å²) in [5.41, 5.74) is 0.773. The van der Waals surface area contributed by atoms with Crippen LogP contribution in [-0.4, -0.2) is 72.4 Å². The summed E-state index contributed by atoms with van der Waals surface area (Å²) in [6, 6.07) is 10.1. The number of carboxylic acids is 1. The molecule has 0 spiro atoms. The first-order chi connectivity index (χ1) is 6.29. The van der Waals surface area contributed by atoms with Crippen LogP contribution in [0.3, 0.4) is 0 Å². The molecule has 0 atom stereocenters. The Bertz CT molecular complexity index is 270. The zero-order chi connectivity index (χ0) is 10.1. The summed E-state index contributed by atoms with van der Waals surface area (Å²) in [5.74, 6) is -0.942. The van der Waals surface area contributed by atoms with Gasteiger partial charge in [-0.3, -0.25) is 0 Å². The Labute approximate surface area is 121 Å². The van der Waals surface area contributed by atoms with E-state index in [4.69, 9.17) is 5.11 Å². The zero-order valence-electron chi connectivity index (χ0n) is 7.23. The van der Waals surface area contributed by atoms with Gasteiger partial charge in [0.05, 0.1) is 0 Å². The Morgan fingerprint density at radius 2 is 2.23 bits per heavy atom. The maximum absolute atomic E-state index is 10.1. The predicted octanol–water partition coefficient (Wildman–Crippen LogP) is 0.823. The van der Waals surface area contributed by atoms with Crippen LogP contribution in [-0.2, 0) is 4.79 Å². The average Bonchev–Trinajstić information content (AvgIpc) is 2.19. The second kappa shape index (κ2) is 10.1. The van der Waals surface area contributed by atoms with Crippen LogP contribution in [0.25, 0.3) is 6.08 Å². The quantitative estimate of drug-likeness (QED) is 0.436. The fourth-order valence-corrected chi connectivity index (χ4v) is 0.672. The third-order valence-corrected chi connectivity index (χ3v) is 1.14. The molecule has 1 aromatic rings.